The quantitative estimate of drug-likeness (QED) is 0.0619. The zero-order valence-electron chi connectivity index (χ0n) is 40.1. The standard InChI is InChI=1S/C58H46Br2F12N4/c59-31-15-5-17-33-75-51-43(35-19-7-1-8-20-35)39-27-28-40(73-39)44(36-21-9-2-10-22-36)53-49(57(67,68)69)50(58(70,71)72)54(76(53)34-18-6-16-32-60)46(38-25-13-4-14-26-38)42-30-29-41(74-42)45(37-23-11-3-12-24-37)52(75)48(56(64,65)66)47(51)55(61,62)63/h1-4,7-14,19-30,73-74H,5-6,15-18,31-34H2/b43-39-,44-40-,45-41-,46-42-,51-43?,52-45?,53-44?,54-46?. The van der Waals surface area contributed by atoms with Crippen LogP contribution in [0.15, 0.2) is 146 Å². The molecule has 8 bridgehead atoms. The summed E-state index contributed by atoms with van der Waals surface area (Å²) in [6.45, 7) is -0.776. The smallest absolute Gasteiger partial charge is 0.354 e. The summed E-state index contributed by atoms with van der Waals surface area (Å²) in [5.74, 6) is 0. The minimum absolute atomic E-state index is 0.00146. The Bertz CT molecular complexity index is 3140. The van der Waals surface area contributed by atoms with Crippen LogP contribution in [0.5, 0.6) is 0 Å². The molecule has 76 heavy (non-hydrogen) atoms. The van der Waals surface area contributed by atoms with Crippen LogP contribution in [0.3, 0.4) is 0 Å². The number of fused-ring (bicyclic) bond motifs is 8. The van der Waals surface area contributed by atoms with Crippen LogP contribution < -0.4 is 21.4 Å². The van der Waals surface area contributed by atoms with E-state index in [-0.39, 0.29) is 69.6 Å². The summed E-state index contributed by atoms with van der Waals surface area (Å²) in [6.07, 6.45) is -20.8. The molecule has 4 nitrogen and oxygen atoms in total. The molecule has 9 rings (SSSR count). The molecule has 0 radical (unpaired) electrons. The Hall–Kier alpha value is -6.40. The summed E-state index contributed by atoms with van der Waals surface area (Å²) in [6, 6.07) is 34.4. The van der Waals surface area contributed by atoms with Crippen molar-refractivity contribution in [1.29, 1.82) is 0 Å². The molecule has 0 unspecified atom stereocenters. The first kappa shape index (κ1) is 54.4. The lowest BCUT2D eigenvalue weighted by molar-refractivity contribution is -0.161. The second-order valence-electron chi connectivity index (χ2n) is 18.2. The van der Waals surface area contributed by atoms with E-state index < -0.39 is 92.0 Å². The number of aromatic nitrogens is 4. The van der Waals surface area contributed by atoms with Crippen LogP contribution in [-0.4, -0.2) is 29.8 Å². The van der Waals surface area contributed by atoms with E-state index in [0.29, 0.717) is 36.3 Å². The number of halogens is 14. The lowest BCUT2D eigenvalue weighted by Crippen LogP contribution is -2.24. The molecule has 2 N–H and O–H groups in total. The van der Waals surface area contributed by atoms with Gasteiger partial charge in [-0.1, -0.05) is 166 Å². The van der Waals surface area contributed by atoms with Crippen molar-refractivity contribution in [2.24, 2.45) is 0 Å². The van der Waals surface area contributed by atoms with Crippen molar-refractivity contribution in [2.45, 2.75) is 76.3 Å². The first-order valence-electron chi connectivity index (χ1n) is 24.3. The molecule has 1 aliphatic rings. The largest absolute Gasteiger partial charge is 0.419 e. The third-order valence-electron chi connectivity index (χ3n) is 13.3. The van der Waals surface area contributed by atoms with Crippen molar-refractivity contribution < 1.29 is 52.7 Å². The average molecular weight is 1190 g/mol. The van der Waals surface area contributed by atoms with Gasteiger partial charge >= 0.3 is 24.7 Å². The molecule has 0 atom stereocenters. The monoisotopic (exact) mass is 1180 g/mol. The van der Waals surface area contributed by atoms with Crippen LogP contribution in [0.2, 0.25) is 0 Å². The first-order valence-corrected chi connectivity index (χ1v) is 26.5. The molecule has 0 saturated carbocycles. The van der Waals surface area contributed by atoms with Gasteiger partial charge < -0.3 is 19.1 Å². The van der Waals surface area contributed by atoms with Crippen LogP contribution in [0.4, 0.5) is 52.7 Å². The molecule has 0 fully saturated rings. The molecule has 4 aromatic heterocycles. The predicted molar refractivity (Wildman–Crippen MR) is 276 cm³/mol. The Labute approximate surface area is 445 Å². The van der Waals surface area contributed by atoms with Crippen LogP contribution in [0.1, 0.15) is 106 Å². The fraction of sp³-hybridized carbons (Fsp3) is 0.241. The van der Waals surface area contributed by atoms with Crippen LogP contribution in [0, 0.1) is 0 Å². The molecule has 0 spiro atoms. The Morgan fingerprint density at radius 2 is 0.526 bits per heavy atom. The average Bonchev–Trinajstić information content (AvgIpc) is 4.22. The number of aromatic amines is 2. The third kappa shape index (κ3) is 10.7. The SMILES string of the molecule is FC(F)(F)c1c(C(F)(F)F)c2n(CCCCCBr)c1/C(c1ccccc1)=c1/cc/c([nH]1)=C(\c1ccccc1)c1c(C(F)(F)F)c(C(F)(F)F)c(n1CCCCCBr)/C(c1ccccc1)=c1/cc/c([nH]1)=C/2c1ccccc1. The Balaban J connectivity index is 1.69. The van der Waals surface area contributed by atoms with E-state index in [1.54, 1.807) is 24.3 Å². The lowest BCUT2D eigenvalue weighted by atomic mass is 9.94. The highest BCUT2D eigenvalue weighted by atomic mass is 79.9. The minimum Gasteiger partial charge on any atom is -0.354 e. The molecule has 8 aromatic rings. The van der Waals surface area contributed by atoms with E-state index in [0.717, 1.165) is 9.13 Å². The van der Waals surface area contributed by atoms with Gasteiger partial charge in [0.2, 0.25) is 0 Å². The summed E-state index contributed by atoms with van der Waals surface area (Å²) >= 11 is 6.75. The number of unbranched alkanes of at least 4 members (excludes halogenated alkanes) is 4. The van der Waals surface area contributed by atoms with Crippen molar-refractivity contribution in [1.82, 2.24) is 19.1 Å². The first-order chi connectivity index (χ1) is 36.3. The zero-order chi connectivity index (χ0) is 54.2. The van der Waals surface area contributed by atoms with E-state index in [2.05, 4.69) is 41.8 Å². The van der Waals surface area contributed by atoms with Gasteiger partial charge in [0.15, 0.2) is 0 Å². The van der Waals surface area contributed by atoms with E-state index in [9.17, 15) is 0 Å². The van der Waals surface area contributed by atoms with E-state index in [1.165, 1.54) is 121 Å². The fourth-order valence-corrected chi connectivity index (χ4v) is 11.2. The third-order valence-corrected chi connectivity index (χ3v) is 14.5. The van der Waals surface area contributed by atoms with Crippen LogP contribution in [-0.2, 0) is 37.8 Å². The maximum Gasteiger partial charge on any atom is 0.419 e. The Kier molecular flexibility index (Phi) is 15.7. The van der Waals surface area contributed by atoms with E-state index >= 15 is 52.7 Å². The molecular formula is C58H46Br2F12N4. The zero-order valence-corrected chi connectivity index (χ0v) is 43.3. The van der Waals surface area contributed by atoms with Crippen molar-refractivity contribution in [3.8, 4) is 0 Å². The van der Waals surface area contributed by atoms with E-state index in [1.807, 2.05) is 0 Å². The molecule has 0 aliphatic carbocycles. The van der Waals surface area contributed by atoms with Crippen molar-refractivity contribution in [2.75, 3.05) is 10.7 Å². The molecule has 4 aromatic carbocycles. The van der Waals surface area contributed by atoms with Gasteiger partial charge in [-0.15, -0.1) is 0 Å². The summed E-state index contributed by atoms with van der Waals surface area (Å²) < 4.78 is 199. The number of rotatable bonds is 14. The van der Waals surface area contributed by atoms with Gasteiger partial charge in [0.05, 0.1) is 45.0 Å². The maximum atomic E-state index is 16.4. The number of nitrogens with zero attached hydrogens (tertiary/aromatic N) is 2. The molecule has 0 saturated heterocycles. The summed E-state index contributed by atoms with van der Waals surface area (Å²) in [7, 11) is 0. The van der Waals surface area contributed by atoms with Gasteiger partial charge in [0.1, 0.15) is 0 Å². The normalized spacial score (nSPS) is 16.4. The molecule has 18 heteroatoms. The highest BCUT2D eigenvalue weighted by Gasteiger charge is 2.53. The Morgan fingerprint density at radius 3 is 0.724 bits per heavy atom. The minimum atomic E-state index is -5.70. The van der Waals surface area contributed by atoms with Crippen molar-refractivity contribution in [3.05, 3.63) is 234 Å². The number of hydrogen-bond acceptors (Lipinski definition) is 0. The number of H-pyrrole nitrogens is 2. The molecular weight excluding hydrogens is 1140 g/mol. The van der Waals surface area contributed by atoms with E-state index in [4.69, 9.17) is 0 Å². The van der Waals surface area contributed by atoms with Gasteiger partial charge in [0.25, 0.3) is 0 Å². The molecule has 1 aliphatic heterocycles. The van der Waals surface area contributed by atoms with Gasteiger partial charge in [-0.2, -0.15) is 52.7 Å². The Morgan fingerprint density at radius 1 is 0.303 bits per heavy atom. The number of hydrogen-bond donors (Lipinski definition) is 2. The molecule has 0 amide bonds. The fourth-order valence-electron chi connectivity index (χ4n) is 10.4. The molecule has 396 valence electrons. The lowest BCUT2D eigenvalue weighted by Gasteiger charge is -2.20. The second kappa shape index (κ2) is 21.9. The second-order valence-corrected chi connectivity index (χ2v) is 19.8. The van der Waals surface area contributed by atoms with Crippen molar-refractivity contribution >= 4 is 54.2 Å². The van der Waals surface area contributed by atoms with Gasteiger partial charge in [0, 0.05) is 67.4 Å². The number of alkyl halides is 14. The topological polar surface area (TPSA) is 41.4 Å². The summed E-state index contributed by atoms with van der Waals surface area (Å²) in [5.41, 5.74) is -13.1. The predicted octanol–water partition coefficient (Wildman–Crippen LogP) is 14.5. The highest BCUT2D eigenvalue weighted by molar-refractivity contribution is 9.09. The van der Waals surface area contributed by atoms with Crippen LogP contribution in [0.25, 0.3) is 22.3 Å². The number of benzene rings is 4. The van der Waals surface area contributed by atoms with Crippen LogP contribution >= 0.6 is 31.9 Å². The summed E-state index contributed by atoms with van der Waals surface area (Å²) in [4.78, 5) is 6.05. The maximum absolute atomic E-state index is 16.4. The van der Waals surface area contributed by atoms with Gasteiger partial charge in [-0.05, 0) is 72.2 Å². The van der Waals surface area contributed by atoms with Gasteiger partial charge in [-0.25, -0.2) is 0 Å². The molecule has 5 heterocycles. The number of nitrogens with one attached hydrogen (secondary N) is 2. The summed E-state index contributed by atoms with van der Waals surface area (Å²) in [5, 5.41) is -0.0438. The highest BCUT2D eigenvalue weighted by Crippen LogP contribution is 2.52. The van der Waals surface area contributed by atoms with Gasteiger partial charge in [-0.3, -0.25) is 0 Å². The van der Waals surface area contributed by atoms with Crippen molar-refractivity contribution in [3.63, 3.8) is 0 Å².